The van der Waals surface area contributed by atoms with E-state index in [0.717, 1.165) is 0 Å². The number of H-pyrrole nitrogens is 1. The van der Waals surface area contributed by atoms with Crippen LogP contribution in [0.1, 0.15) is 31.9 Å². The van der Waals surface area contributed by atoms with Crippen molar-refractivity contribution in [3.8, 4) is 0 Å². The molecule has 0 aliphatic heterocycles. The number of rotatable bonds is 14. The highest BCUT2D eigenvalue weighted by Gasteiger charge is 2.30. The zero-order valence-corrected chi connectivity index (χ0v) is 17.9. The Bertz CT molecular complexity index is 873. The lowest BCUT2D eigenvalue weighted by Crippen LogP contribution is -2.57. The first-order chi connectivity index (χ1) is 15.4. The summed E-state index contributed by atoms with van der Waals surface area (Å²) in [6, 6.07) is -5.17. The molecule has 0 aliphatic rings. The number of amides is 5. The summed E-state index contributed by atoms with van der Waals surface area (Å²) in [5, 5.41) is 15.9. The van der Waals surface area contributed by atoms with Gasteiger partial charge in [-0.15, -0.1) is 0 Å². The molecule has 33 heavy (non-hydrogen) atoms. The van der Waals surface area contributed by atoms with Gasteiger partial charge in [0.05, 0.1) is 18.8 Å². The van der Waals surface area contributed by atoms with Crippen molar-refractivity contribution >= 4 is 35.5 Å². The van der Waals surface area contributed by atoms with Crippen LogP contribution >= 0.6 is 0 Å². The number of aromatic amines is 1. The fourth-order valence-corrected chi connectivity index (χ4v) is 2.62. The van der Waals surface area contributed by atoms with Crippen molar-refractivity contribution in [3.05, 3.63) is 18.2 Å². The largest absolute Gasteiger partial charge is 0.480 e. The number of carboxylic acids is 1. The Labute approximate surface area is 188 Å². The van der Waals surface area contributed by atoms with E-state index in [2.05, 4.69) is 25.9 Å². The minimum Gasteiger partial charge on any atom is -0.480 e. The number of nitrogens with zero attached hydrogens (tertiary/aromatic N) is 1. The van der Waals surface area contributed by atoms with Gasteiger partial charge in [0.15, 0.2) is 0 Å². The van der Waals surface area contributed by atoms with Crippen LogP contribution in [0.3, 0.4) is 0 Å². The van der Waals surface area contributed by atoms with E-state index in [9.17, 15) is 28.8 Å². The summed E-state index contributed by atoms with van der Waals surface area (Å²) in [6.07, 6.45) is 1.71. The quantitative estimate of drug-likeness (QED) is 0.132. The molecule has 1 rings (SSSR count). The van der Waals surface area contributed by atoms with Gasteiger partial charge in [0.2, 0.25) is 29.5 Å². The average Bonchev–Trinajstić information content (AvgIpc) is 3.22. The fraction of sp³-hybridized carbons (Fsp3) is 0.500. The van der Waals surface area contributed by atoms with Gasteiger partial charge in [-0.25, -0.2) is 4.98 Å². The van der Waals surface area contributed by atoms with Crippen LogP contribution in [0.15, 0.2) is 12.5 Å². The molecule has 5 amide bonds. The van der Waals surface area contributed by atoms with Crippen LogP contribution in [0.25, 0.3) is 0 Å². The van der Waals surface area contributed by atoms with Crippen LogP contribution < -0.4 is 33.2 Å². The van der Waals surface area contributed by atoms with E-state index in [4.69, 9.17) is 22.3 Å². The van der Waals surface area contributed by atoms with Crippen molar-refractivity contribution in [3.63, 3.8) is 0 Å². The molecule has 11 N–H and O–H groups in total. The van der Waals surface area contributed by atoms with E-state index >= 15 is 0 Å². The monoisotopic (exact) mass is 468 g/mol. The number of aromatic nitrogens is 2. The minimum atomic E-state index is -1.33. The van der Waals surface area contributed by atoms with E-state index in [-0.39, 0.29) is 19.3 Å². The lowest BCUT2D eigenvalue weighted by Gasteiger charge is -2.24. The zero-order valence-electron chi connectivity index (χ0n) is 17.9. The van der Waals surface area contributed by atoms with E-state index in [0.29, 0.717) is 5.69 Å². The van der Waals surface area contributed by atoms with Gasteiger partial charge in [-0.1, -0.05) is 0 Å². The minimum absolute atomic E-state index is 0.0868. The molecule has 1 aromatic rings. The SMILES string of the molecule is CC(NC(=O)C(CCC(N)=O)NC(=O)C(Cc1cnc[nH]1)NC(=O)C(N)CC(N)=O)C(=O)O. The summed E-state index contributed by atoms with van der Waals surface area (Å²) in [5.74, 6) is -5.41. The Morgan fingerprint density at radius 1 is 1.00 bits per heavy atom. The van der Waals surface area contributed by atoms with Gasteiger partial charge in [0.25, 0.3) is 0 Å². The summed E-state index contributed by atoms with van der Waals surface area (Å²) in [7, 11) is 0. The Hall–Kier alpha value is -4.01. The Morgan fingerprint density at radius 3 is 2.12 bits per heavy atom. The average molecular weight is 468 g/mol. The molecule has 4 atom stereocenters. The molecule has 182 valence electrons. The number of nitrogens with two attached hydrogens (primary N) is 3. The maximum atomic E-state index is 12.9. The number of carbonyl (C=O) groups is 6. The highest BCUT2D eigenvalue weighted by Crippen LogP contribution is 2.04. The first-order valence-corrected chi connectivity index (χ1v) is 9.84. The van der Waals surface area contributed by atoms with Gasteiger partial charge in [-0.3, -0.25) is 28.8 Å². The summed E-state index contributed by atoms with van der Waals surface area (Å²) in [5.41, 5.74) is 16.2. The molecule has 0 bridgehead atoms. The molecule has 0 radical (unpaired) electrons. The van der Waals surface area contributed by atoms with Crippen LogP contribution in [0, 0.1) is 0 Å². The molecule has 4 unspecified atom stereocenters. The van der Waals surface area contributed by atoms with E-state index in [1.54, 1.807) is 0 Å². The predicted molar refractivity (Wildman–Crippen MR) is 112 cm³/mol. The molecular formula is C18H28N8O7. The standard InChI is InChI=1S/C18H28N8O7/c1-8(18(32)33)24-16(30)11(2-3-13(20)27)25-17(31)12(4-9-6-22-7-23-9)26-15(29)10(19)5-14(21)28/h6-8,10-12H,2-5,19H2,1H3,(H2,20,27)(H2,21,28)(H,22,23)(H,24,30)(H,25,31)(H,26,29)(H,32,33). The highest BCUT2D eigenvalue weighted by molar-refractivity contribution is 5.95. The Morgan fingerprint density at radius 2 is 1.61 bits per heavy atom. The summed E-state index contributed by atoms with van der Waals surface area (Å²) in [6.45, 7) is 1.22. The topological polar surface area (TPSA) is 265 Å². The maximum absolute atomic E-state index is 12.9. The number of hydrogen-bond acceptors (Lipinski definition) is 8. The number of imidazole rings is 1. The van der Waals surface area contributed by atoms with Crippen molar-refractivity contribution < 1.29 is 33.9 Å². The van der Waals surface area contributed by atoms with Crippen molar-refractivity contribution in [2.24, 2.45) is 17.2 Å². The van der Waals surface area contributed by atoms with Gasteiger partial charge in [0, 0.05) is 24.7 Å². The van der Waals surface area contributed by atoms with Crippen LogP contribution in [0.4, 0.5) is 0 Å². The Kier molecular flexibility index (Phi) is 10.4. The van der Waals surface area contributed by atoms with Gasteiger partial charge in [0.1, 0.15) is 18.1 Å². The van der Waals surface area contributed by atoms with Crippen LogP contribution in [0.5, 0.6) is 0 Å². The maximum Gasteiger partial charge on any atom is 0.325 e. The predicted octanol–water partition coefficient (Wildman–Crippen LogP) is -4.02. The third-order valence-electron chi connectivity index (χ3n) is 4.41. The molecule has 0 saturated heterocycles. The first-order valence-electron chi connectivity index (χ1n) is 9.84. The number of aliphatic carboxylic acids is 1. The smallest absolute Gasteiger partial charge is 0.325 e. The van der Waals surface area contributed by atoms with Gasteiger partial charge in [-0.05, 0) is 13.3 Å². The van der Waals surface area contributed by atoms with Crippen molar-refractivity contribution in [2.45, 2.75) is 56.8 Å². The molecule has 0 spiro atoms. The van der Waals surface area contributed by atoms with E-state index < -0.39 is 66.1 Å². The second kappa shape index (κ2) is 12.7. The number of hydrogen-bond donors (Lipinski definition) is 8. The number of primary amides is 2. The molecule has 15 heteroatoms. The fourth-order valence-electron chi connectivity index (χ4n) is 2.62. The molecule has 1 heterocycles. The zero-order chi connectivity index (χ0) is 25.1. The highest BCUT2D eigenvalue weighted by atomic mass is 16.4. The molecule has 0 fully saturated rings. The molecule has 0 aliphatic carbocycles. The van der Waals surface area contributed by atoms with E-state index in [1.165, 1.54) is 19.4 Å². The Balaban J connectivity index is 3.02. The molecule has 1 aromatic heterocycles. The van der Waals surface area contributed by atoms with Crippen molar-refractivity contribution in [1.29, 1.82) is 0 Å². The van der Waals surface area contributed by atoms with Crippen LogP contribution in [-0.2, 0) is 35.2 Å². The van der Waals surface area contributed by atoms with Crippen LogP contribution in [-0.4, -0.2) is 74.7 Å². The van der Waals surface area contributed by atoms with Gasteiger partial charge < -0.3 is 43.2 Å². The third kappa shape index (κ3) is 9.77. The molecule has 15 nitrogen and oxygen atoms in total. The normalized spacial score (nSPS) is 14.2. The van der Waals surface area contributed by atoms with Gasteiger partial charge in [-0.2, -0.15) is 0 Å². The van der Waals surface area contributed by atoms with E-state index in [1.807, 2.05) is 0 Å². The molecule has 0 saturated carbocycles. The summed E-state index contributed by atoms with van der Waals surface area (Å²) >= 11 is 0. The summed E-state index contributed by atoms with van der Waals surface area (Å²) in [4.78, 5) is 77.5. The second-order valence-corrected chi connectivity index (χ2v) is 7.25. The lowest BCUT2D eigenvalue weighted by atomic mass is 10.1. The van der Waals surface area contributed by atoms with Gasteiger partial charge >= 0.3 is 5.97 Å². The molecule has 0 aromatic carbocycles. The first kappa shape index (κ1) is 27.0. The molecular weight excluding hydrogens is 440 g/mol. The number of nitrogens with one attached hydrogen (secondary N) is 4. The summed E-state index contributed by atoms with van der Waals surface area (Å²) < 4.78 is 0. The van der Waals surface area contributed by atoms with Crippen molar-refractivity contribution in [2.75, 3.05) is 0 Å². The van der Waals surface area contributed by atoms with Crippen molar-refractivity contribution in [1.82, 2.24) is 25.9 Å². The number of carboxylic acid groups (broad SMARTS) is 1. The second-order valence-electron chi connectivity index (χ2n) is 7.25. The lowest BCUT2D eigenvalue weighted by molar-refractivity contribution is -0.142. The number of carbonyl (C=O) groups excluding carboxylic acids is 5. The third-order valence-corrected chi connectivity index (χ3v) is 4.41. The van der Waals surface area contributed by atoms with Crippen LogP contribution in [0.2, 0.25) is 0 Å².